The summed E-state index contributed by atoms with van der Waals surface area (Å²) < 4.78 is 1.00. The molecule has 1 aliphatic rings. The molecule has 1 rings (SSSR count). The molecule has 0 aromatic carbocycles. The molecular formula is C3H5IN2O. The lowest BCUT2D eigenvalue weighted by atomic mass is 10.9. The van der Waals surface area contributed by atoms with E-state index in [2.05, 4.69) is 28.1 Å². The fourth-order valence-electron chi connectivity index (χ4n) is 0.328. The lowest BCUT2D eigenvalue weighted by molar-refractivity contribution is -0.124. The molecule has 0 saturated heterocycles. The van der Waals surface area contributed by atoms with Crippen LogP contribution in [0.15, 0.2) is 9.90 Å². The summed E-state index contributed by atoms with van der Waals surface area (Å²) in [4.78, 5) is 4.75. The summed E-state index contributed by atoms with van der Waals surface area (Å²) in [7, 11) is 1.82. The first kappa shape index (κ1) is 5.17. The Bertz CT molecular complexity index is 103. The van der Waals surface area contributed by atoms with E-state index in [-0.39, 0.29) is 0 Å². The number of halogens is 1. The zero-order chi connectivity index (χ0) is 5.28. The molecule has 4 heteroatoms. The summed E-state index contributed by atoms with van der Waals surface area (Å²) in [5, 5.41) is 1.60. The summed E-state index contributed by atoms with van der Waals surface area (Å²) >= 11 is 2.13. The predicted octanol–water partition coefficient (Wildman–Crippen LogP) is 0.602. The third-order valence-corrected chi connectivity index (χ3v) is 1.08. The van der Waals surface area contributed by atoms with E-state index < -0.39 is 0 Å². The second-order valence-electron chi connectivity index (χ2n) is 1.22. The zero-order valence-electron chi connectivity index (χ0n) is 3.81. The Morgan fingerprint density at radius 3 is 2.86 bits per heavy atom. The van der Waals surface area contributed by atoms with Crippen LogP contribution in [0, 0.1) is 0 Å². The third kappa shape index (κ3) is 1.20. The van der Waals surface area contributed by atoms with Crippen LogP contribution < -0.4 is 5.48 Å². The van der Waals surface area contributed by atoms with Crippen molar-refractivity contribution in [2.45, 2.75) is 0 Å². The monoisotopic (exact) mass is 212 g/mol. The molecule has 1 heterocycles. The molecule has 3 nitrogen and oxygen atoms in total. The molecule has 0 fully saturated rings. The van der Waals surface area contributed by atoms with Gasteiger partial charge in [0.2, 0.25) is 0 Å². The predicted molar refractivity (Wildman–Crippen MR) is 34.1 cm³/mol. The van der Waals surface area contributed by atoms with E-state index in [0.29, 0.717) is 0 Å². The molecule has 0 radical (unpaired) electrons. The van der Waals surface area contributed by atoms with Gasteiger partial charge >= 0.3 is 0 Å². The van der Waals surface area contributed by atoms with E-state index in [1.807, 2.05) is 13.2 Å². The van der Waals surface area contributed by atoms with Crippen molar-refractivity contribution in [1.82, 2.24) is 10.5 Å². The minimum atomic E-state index is 1.00. The number of nitrogens with one attached hydrogen (secondary N) is 1. The summed E-state index contributed by atoms with van der Waals surface area (Å²) in [6, 6.07) is 0. The maximum atomic E-state index is 4.75. The van der Waals surface area contributed by atoms with Crippen LogP contribution in [0.3, 0.4) is 0 Å². The van der Waals surface area contributed by atoms with Crippen LogP contribution in [-0.2, 0) is 4.94 Å². The molecule has 0 saturated carbocycles. The Kier molecular flexibility index (Phi) is 1.38. The van der Waals surface area contributed by atoms with Gasteiger partial charge in [-0.3, -0.25) is 0 Å². The molecule has 0 aliphatic carbocycles. The second kappa shape index (κ2) is 1.87. The molecule has 0 atom stereocenters. The van der Waals surface area contributed by atoms with Crippen molar-refractivity contribution in [3.05, 3.63) is 9.90 Å². The van der Waals surface area contributed by atoms with Crippen LogP contribution in [0.5, 0.6) is 0 Å². The molecule has 40 valence electrons. The van der Waals surface area contributed by atoms with E-state index in [4.69, 9.17) is 4.94 Å². The topological polar surface area (TPSA) is 24.5 Å². The fraction of sp³-hybridized carbons (Fsp3) is 0.333. The Labute approximate surface area is 55.4 Å². The van der Waals surface area contributed by atoms with Gasteiger partial charge in [-0.15, -0.1) is 0 Å². The molecule has 0 spiro atoms. The van der Waals surface area contributed by atoms with Gasteiger partial charge in [0.15, 0.2) is 0 Å². The fourth-order valence-corrected chi connectivity index (χ4v) is 0.819. The number of hydrogen-bond acceptors (Lipinski definition) is 3. The quantitative estimate of drug-likeness (QED) is 0.470. The highest BCUT2D eigenvalue weighted by Crippen LogP contribution is 2.07. The van der Waals surface area contributed by atoms with Crippen molar-refractivity contribution in [3.63, 3.8) is 0 Å². The van der Waals surface area contributed by atoms with Crippen molar-refractivity contribution in [1.29, 1.82) is 0 Å². The first-order chi connectivity index (χ1) is 3.29. The lowest BCUT2D eigenvalue weighted by Gasteiger charge is -2.00. The molecule has 1 N–H and O–H groups in total. The highest BCUT2D eigenvalue weighted by Gasteiger charge is 2.02. The summed E-state index contributed by atoms with van der Waals surface area (Å²) in [5.41, 5.74) is 2.64. The van der Waals surface area contributed by atoms with E-state index in [1.54, 1.807) is 5.06 Å². The van der Waals surface area contributed by atoms with Gasteiger partial charge in [-0.05, 0) is 22.6 Å². The highest BCUT2D eigenvalue weighted by atomic mass is 127. The summed E-state index contributed by atoms with van der Waals surface area (Å²) in [6.07, 6.45) is 1.85. The maximum absolute atomic E-state index is 4.75. The molecule has 0 amide bonds. The smallest absolute Gasteiger partial charge is 0.119 e. The van der Waals surface area contributed by atoms with Crippen molar-refractivity contribution < 1.29 is 4.94 Å². The Hall–Kier alpha value is 0.0300. The second-order valence-corrected chi connectivity index (χ2v) is 2.38. The van der Waals surface area contributed by atoms with E-state index in [1.165, 1.54) is 0 Å². The summed E-state index contributed by atoms with van der Waals surface area (Å²) in [5.74, 6) is 0. The van der Waals surface area contributed by atoms with Gasteiger partial charge in [0.25, 0.3) is 0 Å². The van der Waals surface area contributed by atoms with Gasteiger partial charge in [-0.1, -0.05) is 0 Å². The minimum absolute atomic E-state index is 1.00. The summed E-state index contributed by atoms with van der Waals surface area (Å²) in [6.45, 7) is 0. The molecule has 7 heavy (non-hydrogen) atoms. The maximum Gasteiger partial charge on any atom is 0.119 e. The Morgan fingerprint density at radius 2 is 2.71 bits per heavy atom. The molecule has 1 aliphatic heterocycles. The number of hydroxylamine groups is 3. The van der Waals surface area contributed by atoms with Gasteiger partial charge in [-0.25, -0.2) is 10.5 Å². The first-order valence-electron chi connectivity index (χ1n) is 1.82. The van der Waals surface area contributed by atoms with Gasteiger partial charge in [-0.2, -0.15) is 4.94 Å². The first-order valence-corrected chi connectivity index (χ1v) is 2.90. The standard InChI is InChI=1S/C3H5IN2O/c1-6-2-3(4)5-7-6/h2,5H,1H3. The molecular weight excluding hydrogens is 207 g/mol. The van der Waals surface area contributed by atoms with Crippen molar-refractivity contribution >= 4 is 22.6 Å². The molecule has 0 aromatic rings. The largest absolute Gasteiger partial charge is 0.237 e. The third-order valence-electron chi connectivity index (χ3n) is 0.582. The van der Waals surface area contributed by atoms with Crippen LogP contribution in [-0.4, -0.2) is 12.1 Å². The minimum Gasteiger partial charge on any atom is -0.237 e. The van der Waals surface area contributed by atoms with Gasteiger partial charge in [0, 0.05) is 7.05 Å². The SMILES string of the molecule is CN1C=C(I)NO1. The van der Waals surface area contributed by atoms with Crippen LogP contribution >= 0.6 is 22.6 Å². The van der Waals surface area contributed by atoms with Crippen molar-refractivity contribution in [3.8, 4) is 0 Å². The van der Waals surface area contributed by atoms with Crippen LogP contribution in [0.2, 0.25) is 0 Å². The normalized spacial score (nSPS) is 19.1. The number of hydrogen-bond donors (Lipinski definition) is 1. The van der Waals surface area contributed by atoms with Crippen LogP contribution in [0.1, 0.15) is 0 Å². The number of rotatable bonds is 0. The van der Waals surface area contributed by atoms with Crippen LogP contribution in [0.25, 0.3) is 0 Å². The molecule has 0 bridgehead atoms. The Morgan fingerprint density at radius 1 is 2.00 bits per heavy atom. The van der Waals surface area contributed by atoms with Gasteiger partial charge < -0.3 is 0 Å². The van der Waals surface area contributed by atoms with E-state index in [0.717, 1.165) is 3.70 Å². The number of nitrogens with zero attached hydrogens (tertiary/aromatic N) is 1. The average molecular weight is 212 g/mol. The zero-order valence-corrected chi connectivity index (χ0v) is 5.97. The van der Waals surface area contributed by atoms with Crippen LogP contribution in [0.4, 0.5) is 0 Å². The lowest BCUT2D eigenvalue weighted by Crippen LogP contribution is -2.11. The average Bonchev–Trinajstić information content (AvgIpc) is 1.87. The van der Waals surface area contributed by atoms with Crippen molar-refractivity contribution in [2.75, 3.05) is 7.05 Å². The molecule has 0 aromatic heterocycles. The Balaban J connectivity index is 2.50. The van der Waals surface area contributed by atoms with Crippen molar-refractivity contribution in [2.24, 2.45) is 0 Å². The molecule has 0 unspecified atom stereocenters. The van der Waals surface area contributed by atoms with Gasteiger partial charge in [0.05, 0.1) is 6.20 Å². The van der Waals surface area contributed by atoms with E-state index >= 15 is 0 Å². The van der Waals surface area contributed by atoms with Gasteiger partial charge in [0.1, 0.15) is 3.70 Å². The van der Waals surface area contributed by atoms with E-state index in [9.17, 15) is 0 Å². The highest BCUT2D eigenvalue weighted by molar-refractivity contribution is 14.1.